The molecule has 1 aromatic rings. The van der Waals surface area contributed by atoms with Crippen LogP contribution in [0.2, 0.25) is 0 Å². The van der Waals surface area contributed by atoms with E-state index >= 15 is 0 Å². The van der Waals surface area contributed by atoms with Gasteiger partial charge in [-0.05, 0) is 31.9 Å². The van der Waals surface area contributed by atoms with Gasteiger partial charge >= 0.3 is 0 Å². The first-order valence-corrected chi connectivity index (χ1v) is 5.56. The van der Waals surface area contributed by atoms with Crippen molar-refractivity contribution in [2.45, 2.75) is 25.8 Å². The van der Waals surface area contributed by atoms with Crippen molar-refractivity contribution in [3.05, 3.63) is 35.9 Å². The lowest BCUT2D eigenvalue weighted by atomic mass is 10.1. The maximum Gasteiger partial charge on any atom is 0.254 e. The first-order chi connectivity index (χ1) is 7.70. The molecule has 0 N–H and O–H groups in total. The van der Waals surface area contributed by atoms with Gasteiger partial charge in [0.25, 0.3) is 5.91 Å². The summed E-state index contributed by atoms with van der Waals surface area (Å²) in [5.74, 6) is 0.0556. The van der Waals surface area contributed by atoms with Crippen molar-refractivity contribution in [2.75, 3.05) is 6.54 Å². The fourth-order valence-electron chi connectivity index (χ4n) is 2.18. The van der Waals surface area contributed by atoms with Crippen molar-refractivity contribution >= 4 is 11.7 Å². The molecule has 0 aliphatic carbocycles. The highest BCUT2D eigenvalue weighted by Crippen LogP contribution is 2.20. The van der Waals surface area contributed by atoms with Crippen LogP contribution in [0.1, 0.15) is 30.1 Å². The van der Waals surface area contributed by atoms with Crippen molar-refractivity contribution in [3.8, 4) is 0 Å². The highest BCUT2D eigenvalue weighted by Gasteiger charge is 2.31. The molecule has 1 aliphatic rings. The summed E-state index contributed by atoms with van der Waals surface area (Å²) in [6, 6.07) is 8.92. The molecule has 0 unspecified atom stereocenters. The first kappa shape index (κ1) is 10.9. The zero-order chi connectivity index (χ0) is 11.5. The van der Waals surface area contributed by atoms with Crippen LogP contribution in [0.3, 0.4) is 0 Å². The van der Waals surface area contributed by atoms with Gasteiger partial charge in [-0.1, -0.05) is 18.2 Å². The third-order valence-electron chi connectivity index (χ3n) is 3.00. The van der Waals surface area contributed by atoms with E-state index in [-0.39, 0.29) is 17.7 Å². The highest BCUT2D eigenvalue weighted by molar-refractivity contribution is 5.97. The smallest absolute Gasteiger partial charge is 0.254 e. The number of benzene rings is 1. The molecule has 1 heterocycles. The van der Waals surface area contributed by atoms with Crippen LogP contribution >= 0.6 is 0 Å². The van der Waals surface area contributed by atoms with Gasteiger partial charge in [-0.25, -0.2) is 0 Å². The molecule has 2 rings (SSSR count). The van der Waals surface area contributed by atoms with Crippen molar-refractivity contribution in [1.29, 1.82) is 0 Å². The van der Waals surface area contributed by atoms with Crippen LogP contribution in [-0.2, 0) is 4.79 Å². The van der Waals surface area contributed by atoms with Gasteiger partial charge in [0.2, 0.25) is 0 Å². The Bertz CT molecular complexity index is 400. The molecule has 3 nitrogen and oxygen atoms in total. The number of hydrogen-bond acceptors (Lipinski definition) is 2. The summed E-state index contributed by atoms with van der Waals surface area (Å²) in [5.41, 5.74) is 0.663. The largest absolute Gasteiger partial charge is 0.329 e. The minimum Gasteiger partial charge on any atom is -0.329 e. The van der Waals surface area contributed by atoms with E-state index in [4.69, 9.17) is 0 Å². The van der Waals surface area contributed by atoms with Gasteiger partial charge in [0.05, 0.1) is 6.04 Å². The summed E-state index contributed by atoms with van der Waals surface area (Å²) in [6.45, 7) is 2.25. The minimum atomic E-state index is -0.215. The van der Waals surface area contributed by atoms with Crippen LogP contribution in [0, 0.1) is 0 Å². The molecule has 84 valence electrons. The lowest BCUT2D eigenvalue weighted by Crippen LogP contribution is -2.39. The minimum absolute atomic E-state index is 0.0294. The average Bonchev–Trinajstić information content (AvgIpc) is 2.78. The third kappa shape index (κ3) is 1.98. The first-order valence-electron chi connectivity index (χ1n) is 5.56. The van der Waals surface area contributed by atoms with Crippen LogP contribution in [-0.4, -0.2) is 29.2 Å². The summed E-state index contributed by atoms with van der Waals surface area (Å²) >= 11 is 0. The third-order valence-corrected chi connectivity index (χ3v) is 3.00. The lowest BCUT2D eigenvalue weighted by Gasteiger charge is -2.22. The molecular formula is C13H15NO2. The Morgan fingerprint density at radius 3 is 2.56 bits per heavy atom. The van der Waals surface area contributed by atoms with Gasteiger partial charge in [0, 0.05) is 12.1 Å². The van der Waals surface area contributed by atoms with Crippen LogP contribution in [0.5, 0.6) is 0 Å². The predicted molar refractivity (Wildman–Crippen MR) is 61.2 cm³/mol. The van der Waals surface area contributed by atoms with Gasteiger partial charge in [0.1, 0.15) is 0 Å². The number of amides is 1. The van der Waals surface area contributed by atoms with Crippen LogP contribution in [0.15, 0.2) is 30.3 Å². The van der Waals surface area contributed by atoms with E-state index in [1.54, 1.807) is 24.0 Å². The Morgan fingerprint density at radius 2 is 1.94 bits per heavy atom. The van der Waals surface area contributed by atoms with E-state index in [1.165, 1.54) is 0 Å². The molecule has 3 heteroatoms. The fourth-order valence-corrected chi connectivity index (χ4v) is 2.18. The van der Waals surface area contributed by atoms with Crippen LogP contribution in [0.25, 0.3) is 0 Å². The highest BCUT2D eigenvalue weighted by atomic mass is 16.2. The average molecular weight is 217 g/mol. The van der Waals surface area contributed by atoms with Crippen molar-refractivity contribution in [2.24, 2.45) is 0 Å². The van der Waals surface area contributed by atoms with E-state index in [0.29, 0.717) is 12.1 Å². The summed E-state index contributed by atoms with van der Waals surface area (Å²) in [7, 11) is 0. The van der Waals surface area contributed by atoms with E-state index < -0.39 is 0 Å². The monoisotopic (exact) mass is 217 g/mol. The molecule has 1 amide bonds. The van der Waals surface area contributed by atoms with Crippen LogP contribution < -0.4 is 0 Å². The Morgan fingerprint density at radius 1 is 1.25 bits per heavy atom. The van der Waals surface area contributed by atoms with E-state index in [2.05, 4.69) is 0 Å². The SMILES string of the molecule is CC(=O)[C@H]1CCCN1C(=O)c1ccccc1. The number of carbonyl (C=O) groups excluding carboxylic acids is 2. The predicted octanol–water partition coefficient (Wildman–Crippen LogP) is 1.88. The van der Waals surface area contributed by atoms with Crippen molar-refractivity contribution in [1.82, 2.24) is 4.90 Å². The summed E-state index contributed by atoms with van der Waals surface area (Å²) in [4.78, 5) is 25.2. The molecule has 0 bridgehead atoms. The Kier molecular flexibility index (Phi) is 3.04. The zero-order valence-corrected chi connectivity index (χ0v) is 9.35. The molecule has 0 radical (unpaired) electrons. The van der Waals surface area contributed by atoms with Gasteiger partial charge in [-0.15, -0.1) is 0 Å². The van der Waals surface area contributed by atoms with E-state index in [9.17, 15) is 9.59 Å². The molecular weight excluding hydrogens is 202 g/mol. The molecule has 16 heavy (non-hydrogen) atoms. The summed E-state index contributed by atoms with van der Waals surface area (Å²) in [6.07, 6.45) is 1.72. The summed E-state index contributed by atoms with van der Waals surface area (Å²) in [5, 5.41) is 0. The Hall–Kier alpha value is -1.64. The number of likely N-dealkylation sites (tertiary alicyclic amines) is 1. The standard InChI is InChI=1S/C13H15NO2/c1-10(15)12-8-5-9-14(12)13(16)11-6-3-2-4-7-11/h2-4,6-7,12H,5,8-9H2,1H3/t12-/m1/s1. The number of Topliss-reactive ketones (excluding diaryl/α,β-unsaturated/α-hetero) is 1. The van der Waals surface area contributed by atoms with Crippen molar-refractivity contribution < 1.29 is 9.59 Å². The molecule has 1 aliphatic heterocycles. The van der Waals surface area contributed by atoms with E-state index in [0.717, 1.165) is 12.8 Å². The molecule has 1 atom stereocenters. The van der Waals surface area contributed by atoms with Gasteiger partial charge in [0.15, 0.2) is 5.78 Å². The van der Waals surface area contributed by atoms with Crippen molar-refractivity contribution in [3.63, 3.8) is 0 Å². The van der Waals surface area contributed by atoms with Crippen LogP contribution in [0.4, 0.5) is 0 Å². The zero-order valence-electron chi connectivity index (χ0n) is 9.35. The number of carbonyl (C=O) groups is 2. The second-order valence-electron chi connectivity index (χ2n) is 4.13. The molecule has 0 spiro atoms. The number of hydrogen-bond donors (Lipinski definition) is 0. The Balaban J connectivity index is 2.19. The number of ketones is 1. The fraction of sp³-hybridized carbons (Fsp3) is 0.385. The molecule has 1 fully saturated rings. The normalized spacial score (nSPS) is 19.8. The molecule has 0 saturated carbocycles. The second-order valence-corrected chi connectivity index (χ2v) is 4.13. The lowest BCUT2D eigenvalue weighted by molar-refractivity contribution is -0.120. The second kappa shape index (κ2) is 4.47. The number of nitrogens with zero attached hydrogens (tertiary/aromatic N) is 1. The van der Waals surface area contributed by atoms with Gasteiger partial charge in [-0.2, -0.15) is 0 Å². The maximum absolute atomic E-state index is 12.1. The quantitative estimate of drug-likeness (QED) is 0.758. The van der Waals surface area contributed by atoms with Gasteiger partial charge < -0.3 is 4.90 Å². The topological polar surface area (TPSA) is 37.4 Å². The van der Waals surface area contributed by atoms with Gasteiger partial charge in [-0.3, -0.25) is 9.59 Å². The van der Waals surface area contributed by atoms with E-state index in [1.807, 2.05) is 18.2 Å². The maximum atomic E-state index is 12.1. The molecule has 1 aromatic carbocycles. The number of rotatable bonds is 2. The molecule has 1 saturated heterocycles. The Labute approximate surface area is 95.1 Å². The summed E-state index contributed by atoms with van der Waals surface area (Å²) < 4.78 is 0. The molecule has 0 aromatic heterocycles.